The van der Waals surface area contributed by atoms with E-state index >= 15 is 0 Å². The van der Waals surface area contributed by atoms with Crippen molar-refractivity contribution in [3.05, 3.63) is 130 Å². The third kappa shape index (κ3) is 9.29. The molecule has 3 saturated heterocycles. The number of non-ortho nitro benzene ring substituents is 3. The van der Waals surface area contributed by atoms with Crippen LogP contribution in [0.4, 0.5) is 26.7 Å². The second kappa shape index (κ2) is 18.7. The summed E-state index contributed by atoms with van der Waals surface area (Å²) in [5, 5.41) is 48.7. The number of amides is 4. The number of hydrogen-bond donors (Lipinski definition) is 3. The number of nitrogens with zero attached hydrogens (tertiary/aromatic N) is 5. The lowest BCUT2D eigenvalue weighted by Crippen LogP contribution is -2.63. The van der Waals surface area contributed by atoms with Crippen LogP contribution in [0.5, 0.6) is 0 Å². The molecular weight excluding hydrogens is 863 g/mol. The molecule has 3 aromatic rings. The maximum Gasteiger partial charge on any atom is 0.410 e. The van der Waals surface area contributed by atoms with E-state index < -0.39 is 92.0 Å². The van der Waals surface area contributed by atoms with Crippen LogP contribution in [0.1, 0.15) is 37.0 Å². The molecule has 22 nitrogen and oxygen atoms in total. The maximum atomic E-state index is 14.0. The predicted molar refractivity (Wildman–Crippen MR) is 221 cm³/mol. The van der Waals surface area contributed by atoms with Crippen LogP contribution in [-0.4, -0.2) is 102 Å². The molecule has 23 heteroatoms. The number of carbonyl (C=O) groups excluding carboxylic acids is 5. The van der Waals surface area contributed by atoms with Crippen molar-refractivity contribution in [1.82, 2.24) is 20.4 Å². The fraction of sp³-hybridized carbons (Fsp3) is 0.390. The average molecular weight is 904 g/mol. The molecule has 0 spiro atoms. The highest BCUT2D eigenvalue weighted by atomic mass is 32.2. The van der Waals surface area contributed by atoms with Crippen molar-refractivity contribution in [3.63, 3.8) is 0 Å². The number of nitro groups is 3. The van der Waals surface area contributed by atoms with Crippen LogP contribution < -0.4 is 10.6 Å². The van der Waals surface area contributed by atoms with E-state index in [0.29, 0.717) is 21.6 Å². The van der Waals surface area contributed by atoms with Gasteiger partial charge in [-0.05, 0) is 66.4 Å². The third-order valence-corrected chi connectivity index (χ3v) is 13.2. The van der Waals surface area contributed by atoms with Crippen molar-refractivity contribution < 1.29 is 58.1 Å². The number of nitrogens with one attached hydrogen (secondary N) is 2. The molecule has 8 atom stereocenters. The van der Waals surface area contributed by atoms with E-state index in [1.165, 1.54) is 101 Å². The Kier molecular flexibility index (Phi) is 13.1. The Morgan fingerprint density at radius 2 is 1.33 bits per heavy atom. The summed E-state index contributed by atoms with van der Waals surface area (Å²) in [6.45, 7) is 2.53. The van der Waals surface area contributed by atoms with Gasteiger partial charge in [-0.3, -0.25) is 39.9 Å². The number of β-lactam (4-membered cyclic amide) rings is 1. The largest absolute Gasteiger partial charge is 0.456 e. The molecular formula is C41H41N7O15S. The van der Waals surface area contributed by atoms with Crippen molar-refractivity contribution in [1.29, 1.82) is 0 Å². The maximum absolute atomic E-state index is 14.0. The number of likely N-dealkylation sites (tertiary alicyclic amines) is 1. The molecule has 3 fully saturated rings. The van der Waals surface area contributed by atoms with E-state index in [2.05, 4.69) is 10.6 Å². The smallest absolute Gasteiger partial charge is 0.410 e. The van der Waals surface area contributed by atoms with E-state index in [-0.39, 0.29) is 62.1 Å². The van der Waals surface area contributed by atoms with Crippen molar-refractivity contribution in [2.45, 2.75) is 69.6 Å². The van der Waals surface area contributed by atoms with Gasteiger partial charge >= 0.3 is 18.2 Å². The Labute approximate surface area is 367 Å². The molecule has 0 aromatic heterocycles. The normalized spacial score (nSPS) is 24.0. The Hall–Kier alpha value is -7.14. The number of rotatable bonds is 15. The highest BCUT2D eigenvalue weighted by Gasteiger charge is 2.61. The SMILES string of the molecule is C[C@@H](O)[C@H]1C(=O)N2C(C(=O)OCc3ccc([N+](=O)[O-])cc3)=C(S[C@H]3C[C@@H](C4CNC(=O)C4NC(=O)OCc4ccc([N+](=O)[O-])cc4)N(C(=O)OCc4ccc([N+](=O)[O-])cc4)C3)[C@H](C)[C@H]12. The summed E-state index contributed by atoms with van der Waals surface area (Å²) in [6, 6.07) is 13.6. The number of hydrogen-bond acceptors (Lipinski definition) is 16. The highest BCUT2D eigenvalue weighted by molar-refractivity contribution is 8.03. The Morgan fingerprint density at radius 1 is 0.828 bits per heavy atom. The second-order valence-electron chi connectivity index (χ2n) is 15.7. The van der Waals surface area contributed by atoms with Crippen LogP contribution in [0.25, 0.3) is 0 Å². The van der Waals surface area contributed by atoms with Crippen LogP contribution >= 0.6 is 11.8 Å². The molecule has 0 saturated carbocycles. The van der Waals surface area contributed by atoms with E-state index in [9.17, 15) is 59.4 Å². The molecule has 0 radical (unpaired) electrons. The first kappa shape index (κ1) is 44.9. The number of aliphatic hydroxyl groups excluding tert-OH is 1. The fourth-order valence-electron chi connectivity index (χ4n) is 8.45. The van der Waals surface area contributed by atoms with Gasteiger partial charge in [0.2, 0.25) is 11.8 Å². The average Bonchev–Trinajstić information content (AvgIpc) is 3.92. The van der Waals surface area contributed by atoms with Gasteiger partial charge in [-0.25, -0.2) is 14.4 Å². The van der Waals surface area contributed by atoms with E-state index in [1.54, 1.807) is 0 Å². The first-order valence-electron chi connectivity index (χ1n) is 20.0. The second-order valence-corrected chi connectivity index (χ2v) is 17.0. The number of ether oxygens (including phenoxy) is 3. The summed E-state index contributed by atoms with van der Waals surface area (Å²) in [7, 11) is 0. The lowest BCUT2D eigenvalue weighted by Gasteiger charge is -2.46. The van der Waals surface area contributed by atoms with Crippen LogP contribution in [-0.2, 0) is 48.4 Å². The predicted octanol–water partition coefficient (Wildman–Crippen LogP) is 4.08. The molecule has 4 aliphatic heterocycles. The minimum Gasteiger partial charge on any atom is -0.456 e. The number of fused-ring (bicyclic) bond motifs is 1. The molecule has 3 N–H and O–H groups in total. The standard InChI is InChI=1S/C41H41N7O15S/c1-21-34-32(22(2)49)38(51)45(34)35(39(52)61-18-23-3-9-26(10-4-23)46(55)56)36(21)64-29-15-31(44(17-29)41(54)63-20-25-7-13-28(14-8-25)48(59)60)30-16-42-37(50)33(30)43-40(53)62-19-24-5-11-27(12-6-24)47(57)58/h3-14,21-22,29-34,49H,15-20H2,1-2H3,(H,42,50)(H,43,53)/t21-,22-,29+,30?,31+,32-,33?,34-/m1/s1. The number of aliphatic hydroxyl groups is 1. The number of nitro benzene ring substituents is 3. The Bertz CT molecular complexity index is 2400. The van der Waals surface area contributed by atoms with Crippen molar-refractivity contribution in [3.8, 4) is 0 Å². The van der Waals surface area contributed by atoms with Crippen LogP contribution in [0, 0.1) is 48.1 Å². The summed E-state index contributed by atoms with van der Waals surface area (Å²) < 4.78 is 16.7. The van der Waals surface area contributed by atoms with Gasteiger partial charge in [0.05, 0.1) is 32.8 Å². The number of alkyl carbamates (subject to hydrolysis) is 1. The monoisotopic (exact) mass is 903 g/mol. The fourth-order valence-corrected chi connectivity index (χ4v) is 9.99. The van der Waals surface area contributed by atoms with Gasteiger partial charge in [-0.1, -0.05) is 6.92 Å². The van der Waals surface area contributed by atoms with Crippen molar-refractivity contribution in [2.75, 3.05) is 13.1 Å². The van der Waals surface area contributed by atoms with E-state index in [1.807, 2.05) is 6.92 Å². The topological polar surface area (TPSA) is 293 Å². The van der Waals surface area contributed by atoms with Gasteiger partial charge in [-0.2, -0.15) is 0 Å². The van der Waals surface area contributed by atoms with Crippen molar-refractivity contribution >= 4 is 58.8 Å². The highest BCUT2D eigenvalue weighted by Crippen LogP contribution is 2.53. The summed E-state index contributed by atoms with van der Waals surface area (Å²) >= 11 is 1.23. The van der Waals surface area contributed by atoms with Gasteiger partial charge in [0.1, 0.15) is 31.6 Å². The lowest BCUT2D eigenvalue weighted by atomic mass is 9.79. The van der Waals surface area contributed by atoms with Crippen LogP contribution in [0.15, 0.2) is 83.4 Å². The summed E-state index contributed by atoms with van der Waals surface area (Å²) in [4.78, 5) is 103. The van der Waals surface area contributed by atoms with Gasteiger partial charge in [0.15, 0.2) is 0 Å². The zero-order valence-corrected chi connectivity index (χ0v) is 34.9. The number of carbonyl (C=O) groups is 5. The lowest BCUT2D eigenvalue weighted by molar-refractivity contribution is -0.385. The van der Waals surface area contributed by atoms with Crippen LogP contribution in [0.3, 0.4) is 0 Å². The number of benzene rings is 3. The number of esters is 1. The minimum atomic E-state index is -1.19. The molecule has 0 bridgehead atoms. The Balaban J connectivity index is 1.12. The molecule has 2 unspecified atom stereocenters. The molecule has 4 amide bonds. The third-order valence-electron chi connectivity index (χ3n) is 11.7. The minimum absolute atomic E-state index is 0.0101. The number of thioether (sulfide) groups is 1. The summed E-state index contributed by atoms with van der Waals surface area (Å²) in [6.07, 6.45) is -2.60. The van der Waals surface area contributed by atoms with Crippen LogP contribution in [0.2, 0.25) is 0 Å². The van der Waals surface area contributed by atoms with E-state index in [0.717, 1.165) is 0 Å². The molecule has 4 heterocycles. The molecule has 64 heavy (non-hydrogen) atoms. The quantitative estimate of drug-likeness (QED) is 0.0636. The summed E-state index contributed by atoms with van der Waals surface area (Å²) in [5.74, 6) is -3.89. The first-order chi connectivity index (χ1) is 30.5. The molecule has 4 aliphatic rings. The zero-order chi connectivity index (χ0) is 46.0. The molecule has 7 rings (SSSR count). The molecule has 3 aromatic carbocycles. The first-order valence-corrected chi connectivity index (χ1v) is 20.8. The summed E-state index contributed by atoms with van der Waals surface area (Å²) in [5.41, 5.74) is 0.855. The van der Waals surface area contributed by atoms with Gasteiger partial charge in [0, 0.05) is 77.5 Å². The Morgan fingerprint density at radius 3 is 1.83 bits per heavy atom. The van der Waals surface area contributed by atoms with Gasteiger partial charge in [0.25, 0.3) is 17.1 Å². The zero-order valence-electron chi connectivity index (χ0n) is 34.1. The van der Waals surface area contributed by atoms with E-state index in [4.69, 9.17) is 14.2 Å². The van der Waals surface area contributed by atoms with Crippen molar-refractivity contribution in [2.24, 2.45) is 17.8 Å². The molecule has 336 valence electrons. The van der Waals surface area contributed by atoms with Gasteiger partial charge < -0.3 is 39.8 Å². The van der Waals surface area contributed by atoms with Gasteiger partial charge in [-0.15, -0.1) is 11.8 Å². The molecule has 0 aliphatic carbocycles.